The second-order valence-electron chi connectivity index (χ2n) is 7.26. The van der Waals surface area contributed by atoms with Crippen LogP contribution in [0.3, 0.4) is 0 Å². The Labute approximate surface area is 151 Å². The van der Waals surface area contributed by atoms with Crippen LogP contribution in [0.1, 0.15) is 102 Å². The van der Waals surface area contributed by atoms with Crippen molar-refractivity contribution in [2.45, 2.75) is 103 Å². The Morgan fingerprint density at radius 2 is 0.958 bits per heavy atom. The third-order valence-electron chi connectivity index (χ3n) is 4.97. The SMILES string of the molecule is C=CCCCCCCCCCCCCCCCCc1ccccc1. The van der Waals surface area contributed by atoms with Crippen LogP contribution < -0.4 is 0 Å². The molecule has 24 heavy (non-hydrogen) atoms. The Bertz CT molecular complexity index is 365. The molecule has 0 heteroatoms. The van der Waals surface area contributed by atoms with Gasteiger partial charge in [0.2, 0.25) is 0 Å². The van der Waals surface area contributed by atoms with Crippen molar-refractivity contribution in [3.8, 4) is 0 Å². The van der Waals surface area contributed by atoms with E-state index < -0.39 is 0 Å². The van der Waals surface area contributed by atoms with Crippen LogP contribution >= 0.6 is 0 Å². The molecule has 0 fully saturated rings. The number of benzene rings is 1. The summed E-state index contributed by atoms with van der Waals surface area (Å²) in [7, 11) is 0. The van der Waals surface area contributed by atoms with Gasteiger partial charge in [-0.1, -0.05) is 113 Å². The molecular weight excluding hydrogens is 288 g/mol. The molecule has 0 unspecified atom stereocenters. The summed E-state index contributed by atoms with van der Waals surface area (Å²) in [6, 6.07) is 10.9. The number of hydrogen-bond donors (Lipinski definition) is 0. The Kier molecular flexibility index (Phi) is 14.7. The number of unbranched alkanes of at least 4 members (excludes halogenated alkanes) is 14. The van der Waals surface area contributed by atoms with Crippen molar-refractivity contribution < 1.29 is 0 Å². The van der Waals surface area contributed by atoms with E-state index in [1.807, 2.05) is 6.08 Å². The standard InChI is InChI=1S/C24H40/c1-2-3-4-5-6-7-8-9-10-11-12-13-14-15-16-18-21-24-22-19-17-20-23-24/h2,17,19-20,22-23H,1,3-16,18,21H2. The van der Waals surface area contributed by atoms with E-state index in [4.69, 9.17) is 0 Å². The Balaban J connectivity index is 1.71. The van der Waals surface area contributed by atoms with Crippen molar-refractivity contribution in [2.75, 3.05) is 0 Å². The van der Waals surface area contributed by atoms with Crippen molar-refractivity contribution in [1.29, 1.82) is 0 Å². The van der Waals surface area contributed by atoms with Crippen molar-refractivity contribution in [2.24, 2.45) is 0 Å². The first kappa shape index (κ1) is 21.0. The molecule has 0 aliphatic rings. The minimum absolute atomic E-state index is 1.20. The van der Waals surface area contributed by atoms with E-state index in [9.17, 15) is 0 Å². The van der Waals surface area contributed by atoms with E-state index in [1.165, 1.54) is 108 Å². The maximum atomic E-state index is 3.78. The van der Waals surface area contributed by atoms with Gasteiger partial charge < -0.3 is 0 Å². The largest absolute Gasteiger partial charge is 0.103 e. The molecule has 0 aliphatic carbocycles. The lowest BCUT2D eigenvalue weighted by Gasteiger charge is -2.04. The highest BCUT2D eigenvalue weighted by Gasteiger charge is 1.95. The molecule has 136 valence electrons. The quantitative estimate of drug-likeness (QED) is 0.199. The molecule has 0 nitrogen and oxygen atoms in total. The molecule has 1 aromatic carbocycles. The van der Waals surface area contributed by atoms with Crippen LogP contribution in [0, 0.1) is 0 Å². The summed E-state index contributed by atoms with van der Waals surface area (Å²) in [5.41, 5.74) is 1.50. The van der Waals surface area contributed by atoms with E-state index >= 15 is 0 Å². The van der Waals surface area contributed by atoms with Gasteiger partial charge in [0.25, 0.3) is 0 Å². The number of allylic oxidation sites excluding steroid dienone is 1. The van der Waals surface area contributed by atoms with Gasteiger partial charge in [-0.05, 0) is 31.2 Å². The Morgan fingerprint density at radius 3 is 1.42 bits per heavy atom. The Morgan fingerprint density at radius 1 is 0.542 bits per heavy atom. The lowest BCUT2D eigenvalue weighted by molar-refractivity contribution is 0.533. The molecule has 0 amide bonds. The van der Waals surface area contributed by atoms with Gasteiger partial charge in [-0.15, -0.1) is 6.58 Å². The van der Waals surface area contributed by atoms with Crippen molar-refractivity contribution in [3.63, 3.8) is 0 Å². The fraction of sp³-hybridized carbons (Fsp3) is 0.667. The lowest BCUT2D eigenvalue weighted by atomic mass is 10.0. The molecular formula is C24H40. The first-order valence-electron chi connectivity index (χ1n) is 10.6. The first-order valence-corrected chi connectivity index (χ1v) is 10.6. The summed E-state index contributed by atoms with van der Waals surface area (Å²) < 4.78 is 0. The number of aryl methyl sites for hydroxylation is 1. The van der Waals surface area contributed by atoms with E-state index in [0.717, 1.165) is 0 Å². The highest BCUT2D eigenvalue weighted by molar-refractivity contribution is 5.14. The van der Waals surface area contributed by atoms with Gasteiger partial charge in [-0.25, -0.2) is 0 Å². The molecule has 0 atom stereocenters. The van der Waals surface area contributed by atoms with Gasteiger partial charge in [-0.3, -0.25) is 0 Å². The van der Waals surface area contributed by atoms with Gasteiger partial charge in [0, 0.05) is 0 Å². The third-order valence-corrected chi connectivity index (χ3v) is 4.97. The number of hydrogen-bond acceptors (Lipinski definition) is 0. The minimum atomic E-state index is 1.20. The first-order chi connectivity index (χ1) is 11.9. The summed E-state index contributed by atoms with van der Waals surface area (Å²) in [6.07, 6.45) is 24.5. The molecule has 0 N–H and O–H groups in total. The zero-order valence-electron chi connectivity index (χ0n) is 16.0. The fourth-order valence-corrected chi connectivity index (χ4v) is 3.38. The van der Waals surface area contributed by atoms with Crippen LogP contribution in [0.15, 0.2) is 43.0 Å². The maximum absolute atomic E-state index is 3.78. The van der Waals surface area contributed by atoms with Crippen molar-refractivity contribution >= 4 is 0 Å². The van der Waals surface area contributed by atoms with Crippen LogP contribution in [-0.2, 0) is 6.42 Å². The average molecular weight is 329 g/mol. The average Bonchev–Trinajstić information content (AvgIpc) is 2.62. The van der Waals surface area contributed by atoms with Gasteiger partial charge in [-0.2, -0.15) is 0 Å². The second kappa shape index (κ2) is 16.8. The normalized spacial score (nSPS) is 10.8. The molecule has 1 rings (SSSR count). The summed E-state index contributed by atoms with van der Waals surface area (Å²) in [5, 5.41) is 0. The smallest absolute Gasteiger partial charge is 0.0279 e. The Hall–Kier alpha value is -1.04. The van der Waals surface area contributed by atoms with Gasteiger partial charge >= 0.3 is 0 Å². The monoisotopic (exact) mass is 328 g/mol. The molecule has 0 heterocycles. The zero-order chi connectivity index (χ0) is 17.1. The minimum Gasteiger partial charge on any atom is -0.103 e. The zero-order valence-corrected chi connectivity index (χ0v) is 16.0. The number of rotatable bonds is 17. The topological polar surface area (TPSA) is 0 Å². The van der Waals surface area contributed by atoms with Crippen molar-refractivity contribution in [3.05, 3.63) is 48.6 Å². The van der Waals surface area contributed by atoms with Gasteiger partial charge in [0.05, 0.1) is 0 Å². The highest BCUT2D eigenvalue weighted by Crippen LogP contribution is 2.14. The summed E-state index contributed by atoms with van der Waals surface area (Å²) in [5.74, 6) is 0. The summed E-state index contributed by atoms with van der Waals surface area (Å²) in [6.45, 7) is 3.78. The fourth-order valence-electron chi connectivity index (χ4n) is 3.38. The van der Waals surface area contributed by atoms with E-state index in [-0.39, 0.29) is 0 Å². The van der Waals surface area contributed by atoms with Crippen LogP contribution in [0.5, 0.6) is 0 Å². The third kappa shape index (κ3) is 13.4. The summed E-state index contributed by atoms with van der Waals surface area (Å²) >= 11 is 0. The van der Waals surface area contributed by atoms with Crippen LogP contribution in [0.25, 0.3) is 0 Å². The molecule has 0 bridgehead atoms. The lowest BCUT2D eigenvalue weighted by Crippen LogP contribution is -1.86. The molecule has 0 saturated carbocycles. The van der Waals surface area contributed by atoms with E-state index in [1.54, 1.807) is 0 Å². The predicted octanol–water partition coefficient (Wildman–Crippen LogP) is 8.27. The van der Waals surface area contributed by atoms with Gasteiger partial charge in [0.1, 0.15) is 0 Å². The molecule has 1 aromatic rings. The van der Waals surface area contributed by atoms with Gasteiger partial charge in [0.15, 0.2) is 0 Å². The molecule has 0 spiro atoms. The molecule has 0 aliphatic heterocycles. The molecule has 0 aromatic heterocycles. The van der Waals surface area contributed by atoms with Crippen LogP contribution in [-0.4, -0.2) is 0 Å². The highest BCUT2D eigenvalue weighted by atomic mass is 14.0. The predicted molar refractivity (Wildman–Crippen MR) is 110 cm³/mol. The second-order valence-corrected chi connectivity index (χ2v) is 7.26. The van der Waals surface area contributed by atoms with E-state index in [0.29, 0.717) is 0 Å². The van der Waals surface area contributed by atoms with Crippen LogP contribution in [0.4, 0.5) is 0 Å². The molecule has 0 radical (unpaired) electrons. The maximum Gasteiger partial charge on any atom is -0.0279 e. The van der Waals surface area contributed by atoms with E-state index in [2.05, 4.69) is 36.9 Å². The van der Waals surface area contributed by atoms with Crippen LogP contribution in [0.2, 0.25) is 0 Å². The van der Waals surface area contributed by atoms with Crippen molar-refractivity contribution in [1.82, 2.24) is 0 Å². The molecule has 0 saturated heterocycles. The summed E-state index contributed by atoms with van der Waals surface area (Å²) in [4.78, 5) is 0.